The van der Waals surface area contributed by atoms with Crippen molar-refractivity contribution in [1.29, 1.82) is 0 Å². The fourth-order valence-electron chi connectivity index (χ4n) is 2.16. The first kappa shape index (κ1) is 13.1. The summed E-state index contributed by atoms with van der Waals surface area (Å²) >= 11 is 0. The zero-order chi connectivity index (χ0) is 13.0. The number of para-hydroxylation sites is 1. The Hall–Kier alpha value is -1.35. The zero-order valence-electron chi connectivity index (χ0n) is 11.0. The smallest absolute Gasteiger partial charge is 0.0932 e. The molecule has 0 radical (unpaired) electrons. The van der Waals surface area contributed by atoms with Gasteiger partial charge >= 0.3 is 0 Å². The molecule has 2 N–H and O–H groups in total. The number of alkyl halides is 1. The molecule has 18 heavy (non-hydrogen) atoms. The Balaban J connectivity index is 1.96. The van der Waals surface area contributed by atoms with Crippen LogP contribution in [-0.2, 0) is 6.42 Å². The van der Waals surface area contributed by atoms with Gasteiger partial charge in [-0.2, -0.15) is 0 Å². The van der Waals surface area contributed by atoms with Gasteiger partial charge in [-0.15, -0.1) is 0 Å². The molecule has 0 saturated heterocycles. The average Bonchev–Trinajstić information content (AvgIpc) is 2.79. The van der Waals surface area contributed by atoms with Crippen molar-refractivity contribution < 1.29 is 4.39 Å². The van der Waals surface area contributed by atoms with Crippen LogP contribution < -0.4 is 5.32 Å². The van der Waals surface area contributed by atoms with Crippen molar-refractivity contribution in [3.63, 3.8) is 0 Å². The summed E-state index contributed by atoms with van der Waals surface area (Å²) in [4.78, 5) is 3.28. The van der Waals surface area contributed by atoms with E-state index in [0.717, 1.165) is 13.0 Å². The summed E-state index contributed by atoms with van der Waals surface area (Å²) in [6, 6.07) is 8.68. The Morgan fingerprint density at radius 3 is 2.83 bits per heavy atom. The molecule has 2 atom stereocenters. The number of rotatable bonds is 6. The standard InChI is InChI=1S/C15H21FN2/c1-11(8-16)9-17-12(2)7-13-10-18-15-6-4-3-5-14(13)15/h3-6,10-12,17-18H,7-9H2,1-2H3/t11-,12?/m0/s1. The zero-order valence-corrected chi connectivity index (χ0v) is 11.0. The van der Waals surface area contributed by atoms with Gasteiger partial charge < -0.3 is 10.3 Å². The van der Waals surface area contributed by atoms with Crippen LogP contribution in [-0.4, -0.2) is 24.2 Å². The summed E-state index contributed by atoms with van der Waals surface area (Å²) in [7, 11) is 0. The van der Waals surface area contributed by atoms with Crippen LogP contribution in [0.25, 0.3) is 10.9 Å². The van der Waals surface area contributed by atoms with Crippen molar-refractivity contribution in [3.05, 3.63) is 36.0 Å². The van der Waals surface area contributed by atoms with Gasteiger partial charge in [-0.25, -0.2) is 0 Å². The highest BCUT2D eigenvalue weighted by Gasteiger charge is 2.09. The summed E-state index contributed by atoms with van der Waals surface area (Å²) in [6.45, 7) is 4.55. The molecule has 0 bridgehead atoms. The van der Waals surface area contributed by atoms with Crippen LogP contribution in [0.1, 0.15) is 19.4 Å². The molecule has 1 aromatic heterocycles. The Bertz CT molecular complexity index is 492. The molecule has 1 aromatic carbocycles. The predicted octanol–water partition coefficient (Wildman–Crippen LogP) is 3.29. The summed E-state index contributed by atoms with van der Waals surface area (Å²) in [5.41, 5.74) is 2.50. The van der Waals surface area contributed by atoms with E-state index in [4.69, 9.17) is 0 Å². The number of nitrogens with one attached hydrogen (secondary N) is 2. The predicted molar refractivity (Wildman–Crippen MR) is 74.6 cm³/mol. The Morgan fingerprint density at radius 1 is 1.28 bits per heavy atom. The van der Waals surface area contributed by atoms with Crippen molar-refractivity contribution in [3.8, 4) is 0 Å². The maximum absolute atomic E-state index is 12.4. The molecule has 3 heteroatoms. The first-order valence-corrected chi connectivity index (χ1v) is 6.55. The maximum Gasteiger partial charge on any atom is 0.0932 e. The summed E-state index contributed by atoms with van der Waals surface area (Å²) in [5, 5.41) is 4.66. The van der Waals surface area contributed by atoms with E-state index in [-0.39, 0.29) is 12.6 Å². The van der Waals surface area contributed by atoms with Gasteiger partial charge in [0.2, 0.25) is 0 Å². The number of H-pyrrole nitrogens is 1. The highest BCUT2D eigenvalue weighted by molar-refractivity contribution is 5.83. The molecule has 0 amide bonds. The van der Waals surface area contributed by atoms with E-state index in [0.29, 0.717) is 6.04 Å². The monoisotopic (exact) mass is 248 g/mol. The normalized spacial score (nSPS) is 14.8. The van der Waals surface area contributed by atoms with Crippen molar-refractivity contribution in [1.82, 2.24) is 10.3 Å². The van der Waals surface area contributed by atoms with Crippen molar-refractivity contribution >= 4 is 10.9 Å². The number of aromatic nitrogens is 1. The minimum atomic E-state index is -0.257. The van der Waals surface area contributed by atoms with Gasteiger partial charge in [0.15, 0.2) is 0 Å². The first-order valence-electron chi connectivity index (χ1n) is 6.55. The van der Waals surface area contributed by atoms with Gasteiger partial charge in [-0.3, -0.25) is 4.39 Å². The third kappa shape index (κ3) is 3.10. The molecule has 98 valence electrons. The van der Waals surface area contributed by atoms with Gasteiger partial charge in [0.1, 0.15) is 0 Å². The molecule has 0 aliphatic rings. The quantitative estimate of drug-likeness (QED) is 0.806. The summed E-state index contributed by atoms with van der Waals surface area (Å²) in [5.74, 6) is 0.0930. The molecule has 0 fully saturated rings. The molecular formula is C15H21FN2. The van der Waals surface area contributed by atoms with Gasteiger partial charge in [0.25, 0.3) is 0 Å². The molecule has 1 heterocycles. The number of hydrogen-bond donors (Lipinski definition) is 2. The average molecular weight is 248 g/mol. The highest BCUT2D eigenvalue weighted by atomic mass is 19.1. The van der Waals surface area contributed by atoms with E-state index in [1.807, 2.05) is 13.0 Å². The first-order chi connectivity index (χ1) is 8.70. The molecule has 2 nitrogen and oxygen atoms in total. The lowest BCUT2D eigenvalue weighted by Crippen LogP contribution is -2.32. The molecular weight excluding hydrogens is 227 g/mol. The molecule has 0 spiro atoms. The van der Waals surface area contributed by atoms with Crippen molar-refractivity contribution in [2.75, 3.05) is 13.2 Å². The number of benzene rings is 1. The lowest BCUT2D eigenvalue weighted by Gasteiger charge is -2.15. The van der Waals surface area contributed by atoms with E-state index < -0.39 is 0 Å². The number of fused-ring (bicyclic) bond motifs is 1. The van der Waals surface area contributed by atoms with Crippen molar-refractivity contribution in [2.45, 2.75) is 26.3 Å². The van der Waals surface area contributed by atoms with Crippen LogP contribution >= 0.6 is 0 Å². The van der Waals surface area contributed by atoms with Gasteiger partial charge in [0, 0.05) is 29.7 Å². The van der Waals surface area contributed by atoms with E-state index in [2.05, 4.69) is 41.6 Å². The van der Waals surface area contributed by atoms with E-state index in [9.17, 15) is 4.39 Å². The fourth-order valence-corrected chi connectivity index (χ4v) is 2.16. The van der Waals surface area contributed by atoms with E-state index in [1.54, 1.807) is 0 Å². The second-order valence-electron chi connectivity index (χ2n) is 5.13. The number of halogens is 1. The van der Waals surface area contributed by atoms with Crippen LogP contribution in [0.3, 0.4) is 0 Å². The molecule has 1 unspecified atom stereocenters. The lowest BCUT2D eigenvalue weighted by molar-refractivity contribution is 0.355. The third-order valence-corrected chi connectivity index (χ3v) is 3.28. The van der Waals surface area contributed by atoms with E-state index in [1.165, 1.54) is 16.5 Å². The van der Waals surface area contributed by atoms with E-state index >= 15 is 0 Å². The topological polar surface area (TPSA) is 27.8 Å². The van der Waals surface area contributed by atoms with Crippen LogP contribution in [0.5, 0.6) is 0 Å². The SMILES string of the molecule is CC(Cc1c[nH]c2ccccc12)NC[C@@H](C)CF. The Morgan fingerprint density at radius 2 is 2.06 bits per heavy atom. The minimum Gasteiger partial charge on any atom is -0.361 e. The molecule has 2 rings (SSSR count). The molecule has 2 aromatic rings. The van der Waals surface area contributed by atoms with Gasteiger partial charge in [-0.05, 0) is 30.9 Å². The largest absolute Gasteiger partial charge is 0.361 e. The van der Waals surface area contributed by atoms with Crippen LogP contribution in [0.15, 0.2) is 30.5 Å². The Kier molecular flexibility index (Phi) is 4.37. The van der Waals surface area contributed by atoms with Crippen LogP contribution in [0.2, 0.25) is 0 Å². The fraction of sp³-hybridized carbons (Fsp3) is 0.467. The minimum absolute atomic E-state index is 0.0930. The Labute approximate surface area is 108 Å². The van der Waals surface area contributed by atoms with Gasteiger partial charge in [0.05, 0.1) is 6.67 Å². The molecule has 0 saturated carbocycles. The second-order valence-corrected chi connectivity index (χ2v) is 5.13. The highest BCUT2D eigenvalue weighted by Crippen LogP contribution is 2.18. The number of hydrogen-bond acceptors (Lipinski definition) is 1. The third-order valence-electron chi connectivity index (χ3n) is 3.28. The second kappa shape index (κ2) is 6.01. The van der Waals surface area contributed by atoms with Gasteiger partial charge in [-0.1, -0.05) is 25.1 Å². The summed E-state index contributed by atoms with van der Waals surface area (Å²) < 4.78 is 12.4. The molecule has 0 aliphatic carbocycles. The van der Waals surface area contributed by atoms with Crippen molar-refractivity contribution in [2.24, 2.45) is 5.92 Å². The lowest BCUT2D eigenvalue weighted by atomic mass is 10.1. The van der Waals surface area contributed by atoms with Crippen LogP contribution in [0, 0.1) is 5.92 Å². The number of aromatic amines is 1. The molecule has 0 aliphatic heterocycles. The summed E-state index contributed by atoms with van der Waals surface area (Å²) in [6.07, 6.45) is 3.03. The maximum atomic E-state index is 12.4. The van der Waals surface area contributed by atoms with Crippen LogP contribution in [0.4, 0.5) is 4.39 Å².